The fraction of sp³-hybridized carbons (Fsp3) is 0.125. The van der Waals surface area contributed by atoms with Gasteiger partial charge in [0.1, 0.15) is 11.3 Å². The Morgan fingerprint density at radius 3 is 2.77 bits per heavy atom. The Bertz CT molecular complexity index is 966. The van der Waals surface area contributed by atoms with E-state index in [1.165, 1.54) is 0 Å². The van der Waals surface area contributed by atoms with Crippen molar-refractivity contribution in [2.75, 3.05) is 0 Å². The van der Waals surface area contributed by atoms with Gasteiger partial charge in [-0.15, -0.1) is 5.10 Å². The number of nitrogens with zero attached hydrogens (tertiary/aromatic N) is 4. The van der Waals surface area contributed by atoms with Crippen LogP contribution in [0, 0.1) is 13.8 Å². The number of aromatic nitrogens is 6. The molecule has 0 amide bonds. The summed E-state index contributed by atoms with van der Waals surface area (Å²) in [4.78, 5) is 12.5. The highest BCUT2D eigenvalue weighted by Gasteiger charge is 2.14. The lowest BCUT2D eigenvalue weighted by atomic mass is 10.1. The van der Waals surface area contributed by atoms with E-state index < -0.39 is 0 Å². The van der Waals surface area contributed by atoms with Crippen molar-refractivity contribution in [1.29, 1.82) is 0 Å². The van der Waals surface area contributed by atoms with E-state index in [-0.39, 0.29) is 0 Å². The van der Waals surface area contributed by atoms with E-state index in [1.807, 2.05) is 50.2 Å². The fourth-order valence-corrected chi connectivity index (χ4v) is 2.56. The Morgan fingerprint density at radius 2 is 1.91 bits per heavy atom. The number of nitrogens with one attached hydrogen (secondary N) is 2. The molecule has 6 nitrogen and oxygen atoms in total. The molecule has 0 radical (unpaired) electrons. The van der Waals surface area contributed by atoms with Gasteiger partial charge in [-0.3, -0.25) is 10.1 Å². The minimum Gasteiger partial charge on any atom is -0.340 e. The lowest BCUT2D eigenvalue weighted by Gasteiger charge is -2.03. The van der Waals surface area contributed by atoms with E-state index in [0.29, 0.717) is 0 Å². The van der Waals surface area contributed by atoms with Gasteiger partial charge < -0.3 is 4.98 Å². The number of benzene rings is 1. The smallest absolute Gasteiger partial charge is 0.112 e. The van der Waals surface area contributed by atoms with Gasteiger partial charge in [-0.05, 0) is 38.1 Å². The topological polar surface area (TPSA) is 83.1 Å². The van der Waals surface area contributed by atoms with Gasteiger partial charge in [-0.2, -0.15) is 0 Å². The molecular weight excluding hydrogens is 276 g/mol. The Labute approximate surface area is 126 Å². The molecule has 4 aromatic rings. The summed E-state index contributed by atoms with van der Waals surface area (Å²) in [5.41, 5.74) is 6.40. The number of fused-ring (bicyclic) bond motifs is 1. The van der Waals surface area contributed by atoms with E-state index in [9.17, 15) is 0 Å². The molecule has 0 fully saturated rings. The van der Waals surface area contributed by atoms with Crippen molar-refractivity contribution in [2.45, 2.75) is 13.8 Å². The molecule has 2 N–H and O–H groups in total. The van der Waals surface area contributed by atoms with Crippen molar-refractivity contribution in [1.82, 2.24) is 30.4 Å². The van der Waals surface area contributed by atoms with Crippen LogP contribution < -0.4 is 0 Å². The number of hydrogen-bond acceptors (Lipinski definition) is 4. The van der Waals surface area contributed by atoms with E-state index in [2.05, 4.69) is 30.4 Å². The predicted molar refractivity (Wildman–Crippen MR) is 84.2 cm³/mol. The van der Waals surface area contributed by atoms with Gasteiger partial charge >= 0.3 is 0 Å². The molecule has 0 saturated carbocycles. The van der Waals surface area contributed by atoms with Crippen LogP contribution in [0.15, 0.2) is 36.4 Å². The average Bonchev–Trinajstić information content (AvgIpc) is 3.12. The van der Waals surface area contributed by atoms with Crippen LogP contribution in [0.5, 0.6) is 0 Å². The van der Waals surface area contributed by atoms with Gasteiger partial charge in [0.2, 0.25) is 0 Å². The predicted octanol–water partition coefficient (Wildman–Crippen LogP) is 3.03. The average molecular weight is 290 g/mol. The highest BCUT2D eigenvalue weighted by Crippen LogP contribution is 2.30. The maximum absolute atomic E-state index is 4.63. The maximum atomic E-state index is 4.63. The Balaban J connectivity index is 1.91. The van der Waals surface area contributed by atoms with E-state index in [4.69, 9.17) is 0 Å². The third-order valence-electron chi connectivity index (χ3n) is 3.56. The maximum Gasteiger partial charge on any atom is 0.112 e. The number of rotatable bonds is 2. The zero-order chi connectivity index (χ0) is 15.1. The third kappa shape index (κ3) is 2.05. The monoisotopic (exact) mass is 290 g/mol. The third-order valence-corrected chi connectivity index (χ3v) is 3.56. The van der Waals surface area contributed by atoms with E-state index in [1.54, 1.807) is 0 Å². The number of pyridine rings is 1. The molecular formula is C16H14N6. The summed E-state index contributed by atoms with van der Waals surface area (Å²) in [5, 5.41) is 10.7. The molecule has 22 heavy (non-hydrogen) atoms. The molecule has 3 heterocycles. The lowest BCUT2D eigenvalue weighted by molar-refractivity contribution is 0.959. The van der Waals surface area contributed by atoms with Crippen molar-refractivity contribution in [3.05, 3.63) is 47.9 Å². The molecule has 4 rings (SSSR count). The second-order valence-electron chi connectivity index (χ2n) is 5.25. The standard InChI is InChI=1S/C16H14N6/c1-9-4-3-5-13(17-9)16-15(18-10(2)19-16)11-6-7-12-14(8-11)21-22-20-12/h3-8H,1-2H3,(H,18,19)(H,20,21,22). The van der Waals surface area contributed by atoms with Crippen LogP contribution in [0.4, 0.5) is 0 Å². The zero-order valence-electron chi connectivity index (χ0n) is 12.3. The van der Waals surface area contributed by atoms with Crippen LogP contribution in [0.25, 0.3) is 33.7 Å². The van der Waals surface area contributed by atoms with Gasteiger partial charge in [0.25, 0.3) is 0 Å². The summed E-state index contributed by atoms with van der Waals surface area (Å²) in [7, 11) is 0. The normalized spacial score (nSPS) is 11.2. The molecule has 0 aliphatic heterocycles. The Hall–Kier alpha value is -3.02. The quantitative estimate of drug-likeness (QED) is 0.594. The van der Waals surface area contributed by atoms with Crippen molar-refractivity contribution in [3.8, 4) is 22.6 Å². The van der Waals surface area contributed by atoms with Crippen LogP contribution in [0.2, 0.25) is 0 Å². The minimum atomic E-state index is 0.839. The Kier molecular flexibility index (Phi) is 2.75. The number of H-pyrrole nitrogens is 2. The molecule has 1 aromatic carbocycles. The van der Waals surface area contributed by atoms with Crippen LogP contribution in [0.3, 0.4) is 0 Å². The summed E-state index contributed by atoms with van der Waals surface area (Å²) >= 11 is 0. The van der Waals surface area contributed by atoms with Gasteiger partial charge in [0.05, 0.1) is 22.6 Å². The molecule has 0 unspecified atom stereocenters. The summed E-state index contributed by atoms with van der Waals surface area (Å²) in [6.45, 7) is 3.92. The van der Waals surface area contributed by atoms with Crippen molar-refractivity contribution >= 4 is 11.0 Å². The first-order valence-corrected chi connectivity index (χ1v) is 7.02. The zero-order valence-corrected chi connectivity index (χ0v) is 12.3. The van der Waals surface area contributed by atoms with E-state index in [0.717, 1.165) is 45.2 Å². The molecule has 0 spiro atoms. The summed E-state index contributed by atoms with van der Waals surface area (Å²) in [6, 6.07) is 11.9. The van der Waals surface area contributed by atoms with Crippen LogP contribution in [-0.2, 0) is 0 Å². The molecule has 6 heteroatoms. The van der Waals surface area contributed by atoms with Crippen molar-refractivity contribution in [3.63, 3.8) is 0 Å². The van der Waals surface area contributed by atoms with Gasteiger partial charge in [-0.1, -0.05) is 17.3 Å². The molecule has 0 aliphatic rings. The molecule has 0 bridgehead atoms. The van der Waals surface area contributed by atoms with Crippen LogP contribution in [-0.4, -0.2) is 30.4 Å². The second kappa shape index (κ2) is 4.77. The molecule has 3 aromatic heterocycles. The number of aryl methyl sites for hydroxylation is 2. The summed E-state index contributed by atoms with van der Waals surface area (Å²) in [6.07, 6.45) is 0. The number of hydrogen-bond donors (Lipinski definition) is 2. The van der Waals surface area contributed by atoms with Gasteiger partial charge in [0, 0.05) is 11.3 Å². The molecule has 0 aliphatic carbocycles. The molecule has 108 valence electrons. The van der Waals surface area contributed by atoms with Gasteiger partial charge in [-0.25, -0.2) is 4.98 Å². The first kappa shape index (κ1) is 12.7. The number of aromatic amines is 2. The summed E-state index contributed by atoms with van der Waals surface area (Å²) < 4.78 is 0. The van der Waals surface area contributed by atoms with Gasteiger partial charge in [0.15, 0.2) is 0 Å². The summed E-state index contributed by atoms with van der Waals surface area (Å²) in [5.74, 6) is 0.858. The van der Waals surface area contributed by atoms with Crippen molar-refractivity contribution < 1.29 is 0 Å². The highest BCUT2D eigenvalue weighted by atomic mass is 15.3. The van der Waals surface area contributed by atoms with Crippen LogP contribution in [0.1, 0.15) is 11.5 Å². The first-order chi connectivity index (χ1) is 10.7. The molecule has 0 saturated heterocycles. The van der Waals surface area contributed by atoms with Crippen LogP contribution >= 0.6 is 0 Å². The van der Waals surface area contributed by atoms with Crippen molar-refractivity contribution in [2.24, 2.45) is 0 Å². The lowest BCUT2D eigenvalue weighted by Crippen LogP contribution is -1.89. The molecule has 0 atom stereocenters. The number of imidazole rings is 1. The minimum absolute atomic E-state index is 0.839. The largest absolute Gasteiger partial charge is 0.340 e. The first-order valence-electron chi connectivity index (χ1n) is 7.02. The SMILES string of the molecule is Cc1cccc(-c2[nH]c(C)nc2-c2ccc3nn[nH]c3c2)n1. The highest BCUT2D eigenvalue weighted by molar-refractivity contribution is 5.84. The van der Waals surface area contributed by atoms with E-state index >= 15 is 0 Å². The Morgan fingerprint density at radius 1 is 1.00 bits per heavy atom. The second-order valence-corrected chi connectivity index (χ2v) is 5.25. The fourth-order valence-electron chi connectivity index (χ4n) is 2.56.